The Morgan fingerprint density at radius 3 is 2.07 bits per heavy atom. The van der Waals surface area contributed by atoms with E-state index in [2.05, 4.69) is 18.2 Å². The lowest BCUT2D eigenvalue weighted by atomic mass is 10.0. The third-order valence-electron chi connectivity index (χ3n) is 4.74. The summed E-state index contributed by atoms with van der Waals surface area (Å²) in [6.07, 6.45) is 1.77. The average molecular weight is 354 g/mol. The third-order valence-corrected chi connectivity index (χ3v) is 4.74. The molecule has 0 fully saturated rings. The second-order valence-corrected chi connectivity index (χ2v) is 6.38. The Labute approximate surface area is 158 Å². The predicted molar refractivity (Wildman–Crippen MR) is 104 cm³/mol. The first-order valence-electron chi connectivity index (χ1n) is 8.88. The maximum absolute atomic E-state index is 13.2. The molecule has 1 heterocycles. The molecule has 0 saturated carbocycles. The van der Waals surface area contributed by atoms with E-state index in [-0.39, 0.29) is 12.5 Å². The van der Waals surface area contributed by atoms with Crippen LogP contribution >= 0.6 is 0 Å². The third kappa shape index (κ3) is 3.28. The lowest BCUT2D eigenvalue weighted by molar-refractivity contribution is -0.119. The smallest absolute Gasteiger partial charge is 0.269 e. The molecule has 1 amide bonds. The number of benzene rings is 3. The molecular weight excluding hydrogens is 336 g/mol. The molecule has 0 radical (unpaired) electrons. The number of aryl methyl sites for hydroxylation is 2. The number of carbonyl (C=O) groups excluding carboxylic acids is 1. The van der Waals surface area contributed by atoms with Crippen molar-refractivity contribution in [2.75, 3.05) is 11.5 Å². The largest absolute Gasteiger partial charge is 0.482 e. The van der Waals surface area contributed by atoms with E-state index < -0.39 is 0 Å². The van der Waals surface area contributed by atoms with Crippen molar-refractivity contribution in [1.29, 1.82) is 5.26 Å². The quantitative estimate of drug-likeness (QED) is 0.700. The van der Waals surface area contributed by atoms with Crippen molar-refractivity contribution in [3.8, 4) is 11.8 Å². The molecule has 4 rings (SSSR count). The lowest BCUT2D eigenvalue weighted by Crippen LogP contribution is -2.31. The number of anilines is 2. The van der Waals surface area contributed by atoms with E-state index in [1.54, 1.807) is 29.2 Å². The fourth-order valence-electron chi connectivity index (χ4n) is 3.44. The van der Waals surface area contributed by atoms with Gasteiger partial charge < -0.3 is 4.74 Å². The zero-order valence-corrected chi connectivity index (χ0v) is 14.8. The van der Waals surface area contributed by atoms with Crippen LogP contribution in [0.1, 0.15) is 16.7 Å². The van der Waals surface area contributed by atoms with Gasteiger partial charge in [-0.15, -0.1) is 0 Å². The van der Waals surface area contributed by atoms with Gasteiger partial charge in [-0.25, -0.2) is 0 Å². The zero-order valence-electron chi connectivity index (χ0n) is 14.8. The summed E-state index contributed by atoms with van der Waals surface area (Å²) in [7, 11) is 0. The summed E-state index contributed by atoms with van der Waals surface area (Å²) < 4.78 is 5.70. The van der Waals surface area contributed by atoms with Crippen LogP contribution in [-0.2, 0) is 17.6 Å². The Morgan fingerprint density at radius 1 is 0.889 bits per heavy atom. The van der Waals surface area contributed by atoms with Crippen molar-refractivity contribution in [1.82, 2.24) is 0 Å². The first-order chi connectivity index (χ1) is 13.3. The summed E-state index contributed by atoms with van der Waals surface area (Å²) in [5.74, 6) is 0.259. The van der Waals surface area contributed by atoms with Crippen LogP contribution in [0.25, 0.3) is 0 Å². The Morgan fingerprint density at radius 2 is 1.44 bits per heavy atom. The molecule has 0 spiro atoms. The normalized spacial score (nSPS) is 12.3. The van der Waals surface area contributed by atoms with E-state index in [1.165, 1.54) is 0 Å². The Hall–Kier alpha value is -3.58. The highest BCUT2D eigenvalue weighted by molar-refractivity contribution is 6.03. The number of para-hydroxylation sites is 3. The van der Waals surface area contributed by atoms with Gasteiger partial charge in [0.05, 0.1) is 16.9 Å². The van der Waals surface area contributed by atoms with Crippen molar-refractivity contribution >= 4 is 17.3 Å². The highest BCUT2D eigenvalue weighted by Crippen LogP contribution is 2.36. The van der Waals surface area contributed by atoms with Gasteiger partial charge in [0.15, 0.2) is 6.61 Å². The Balaban J connectivity index is 1.68. The SMILES string of the molecule is N#Cc1ccccc1OCC(=O)N1c2ccccc2CCc2ccccc21. The summed E-state index contributed by atoms with van der Waals surface area (Å²) in [5, 5.41) is 9.20. The highest BCUT2D eigenvalue weighted by atomic mass is 16.5. The predicted octanol–water partition coefficient (Wildman–Crippen LogP) is 4.40. The summed E-state index contributed by atoms with van der Waals surface area (Å²) in [6.45, 7) is -0.138. The molecule has 4 nitrogen and oxygen atoms in total. The topological polar surface area (TPSA) is 53.3 Å². The van der Waals surface area contributed by atoms with E-state index in [9.17, 15) is 10.1 Å². The average Bonchev–Trinajstić information content (AvgIpc) is 2.89. The molecular formula is C23H18N2O2. The van der Waals surface area contributed by atoms with Gasteiger partial charge in [0, 0.05) is 0 Å². The van der Waals surface area contributed by atoms with E-state index in [4.69, 9.17) is 4.74 Å². The Kier molecular flexibility index (Phi) is 4.59. The molecule has 4 heteroatoms. The summed E-state index contributed by atoms with van der Waals surface area (Å²) in [6, 6.07) is 25.0. The summed E-state index contributed by atoms with van der Waals surface area (Å²) in [5.41, 5.74) is 4.48. The number of hydrogen-bond acceptors (Lipinski definition) is 3. The molecule has 0 unspecified atom stereocenters. The maximum atomic E-state index is 13.2. The minimum atomic E-state index is -0.162. The molecule has 0 N–H and O–H groups in total. The first-order valence-corrected chi connectivity index (χ1v) is 8.88. The molecule has 0 aromatic heterocycles. The molecule has 3 aromatic carbocycles. The number of amides is 1. The van der Waals surface area contributed by atoms with Gasteiger partial charge in [-0.2, -0.15) is 5.26 Å². The number of ether oxygens (including phenoxy) is 1. The Bertz CT molecular complexity index is 989. The van der Waals surface area contributed by atoms with Crippen LogP contribution in [0.15, 0.2) is 72.8 Å². The number of carbonyl (C=O) groups is 1. The second-order valence-electron chi connectivity index (χ2n) is 6.38. The van der Waals surface area contributed by atoms with Crippen LogP contribution in [0.3, 0.4) is 0 Å². The van der Waals surface area contributed by atoms with E-state index in [0.29, 0.717) is 11.3 Å². The van der Waals surface area contributed by atoms with Crippen molar-refractivity contribution in [2.45, 2.75) is 12.8 Å². The minimum Gasteiger partial charge on any atom is -0.482 e. The van der Waals surface area contributed by atoms with E-state index >= 15 is 0 Å². The molecule has 0 aliphatic carbocycles. The number of rotatable bonds is 3. The van der Waals surface area contributed by atoms with Crippen molar-refractivity contribution in [3.63, 3.8) is 0 Å². The van der Waals surface area contributed by atoms with Gasteiger partial charge in [-0.1, -0.05) is 48.5 Å². The second kappa shape index (κ2) is 7.35. The molecule has 1 aliphatic heterocycles. The number of hydrogen-bond donors (Lipinski definition) is 0. The fourth-order valence-corrected chi connectivity index (χ4v) is 3.44. The molecule has 0 bridgehead atoms. The highest BCUT2D eigenvalue weighted by Gasteiger charge is 2.25. The molecule has 132 valence electrons. The summed E-state index contributed by atoms with van der Waals surface area (Å²) in [4.78, 5) is 14.9. The first kappa shape index (κ1) is 16.9. The van der Waals surface area contributed by atoms with Gasteiger partial charge in [0.25, 0.3) is 5.91 Å². The van der Waals surface area contributed by atoms with E-state index in [0.717, 1.165) is 35.3 Å². The van der Waals surface area contributed by atoms with Gasteiger partial charge in [-0.3, -0.25) is 9.69 Å². The lowest BCUT2D eigenvalue weighted by Gasteiger charge is -2.25. The molecule has 1 aliphatic rings. The van der Waals surface area contributed by atoms with Gasteiger partial charge in [-0.05, 0) is 48.2 Å². The standard InChI is InChI=1S/C23H18N2O2/c24-15-19-9-3-6-12-22(19)27-16-23(26)25-20-10-4-1-7-17(20)13-14-18-8-2-5-11-21(18)25/h1-12H,13-14,16H2. The van der Waals surface area contributed by atoms with Crippen molar-refractivity contribution in [2.24, 2.45) is 0 Å². The van der Waals surface area contributed by atoms with Crippen LogP contribution < -0.4 is 9.64 Å². The monoisotopic (exact) mass is 354 g/mol. The maximum Gasteiger partial charge on any atom is 0.269 e. The van der Waals surface area contributed by atoms with Gasteiger partial charge in [0.1, 0.15) is 11.8 Å². The zero-order chi connectivity index (χ0) is 18.6. The molecule has 0 atom stereocenters. The van der Waals surface area contributed by atoms with Crippen molar-refractivity contribution in [3.05, 3.63) is 89.5 Å². The number of nitrogens with zero attached hydrogens (tertiary/aromatic N) is 2. The molecule has 27 heavy (non-hydrogen) atoms. The van der Waals surface area contributed by atoms with Crippen LogP contribution in [0, 0.1) is 11.3 Å². The molecule has 3 aromatic rings. The van der Waals surface area contributed by atoms with Crippen LogP contribution in [0.5, 0.6) is 5.75 Å². The van der Waals surface area contributed by atoms with E-state index in [1.807, 2.05) is 36.4 Å². The summed E-state index contributed by atoms with van der Waals surface area (Å²) >= 11 is 0. The minimum absolute atomic E-state index is 0.138. The van der Waals surface area contributed by atoms with Crippen molar-refractivity contribution < 1.29 is 9.53 Å². The van der Waals surface area contributed by atoms with Crippen LogP contribution in [0.4, 0.5) is 11.4 Å². The molecule has 0 saturated heterocycles. The van der Waals surface area contributed by atoms with Gasteiger partial charge in [0.2, 0.25) is 0 Å². The van der Waals surface area contributed by atoms with Gasteiger partial charge >= 0.3 is 0 Å². The van der Waals surface area contributed by atoms with Crippen LogP contribution in [0.2, 0.25) is 0 Å². The number of fused-ring (bicyclic) bond motifs is 2. The fraction of sp³-hybridized carbons (Fsp3) is 0.130. The number of nitriles is 1. The van der Waals surface area contributed by atoms with Crippen LogP contribution in [-0.4, -0.2) is 12.5 Å².